The molecule has 0 aliphatic carbocycles. The van der Waals surface area contributed by atoms with E-state index in [1.807, 2.05) is 18.2 Å². The molecule has 0 bridgehead atoms. The summed E-state index contributed by atoms with van der Waals surface area (Å²) in [5, 5.41) is 13.4. The van der Waals surface area contributed by atoms with Gasteiger partial charge < -0.3 is 0 Å². The van der Waals surface area contributed by atoms with Crippen LogP contribution in [0, 0.1) is 6.92 Å². The van der Waals surface area contributed by atoms with E-state index in [-0.39, 0.29) is 6.04 Å². The summed E-state index contributed by atoms with van der Waals surface area (Å²) in [6, 6.07) is 5.85. The minimum Gasteiger partial charge on any atom is -0.299 e. The van der Waals surface area contributed by atoms with Gasteiger partial charge in [-0.25, -0.2) is 0 Å². The van der Waals surface area contributed by atoms with Crippen LogP contribution in [-0.4, -0.2) is 14.8 Å². The average molecular weight is 426 g/mol. The van der Waals surface area contributed by atoms with Crippen LogP contribution >= 0.6 is 46.3 Å². The Balaban J connectivity index is 1.95. The van der Waals surface area contributed by atoms with Crippen molar-refractivity contribution in [2.24, 2.45) is 0 Å². The topological polar surface area (TPSA) is 30.7 Å². The molecule has 7 heteroatoms. The van der Waals surface area contributed by atoms with Crippen LogP contribution in [0.25, 0.3) is 11.4 Å². The predicted octanol–water partition coefficient (Wildman–Crippen LogP) is 7.06. The van der Waals surface area contributed by atoms with Gasteiger partial charge in [0.15, 0.2) is 11.0 Å². The number of nitrogens with zero attached hydrogens (tertiary/aromatic N) is 3. The average Bonchev–Trinajstić information content (AvgIpc) is 3.17. The molecule has 1 aromatic carbocycles. The third-order valence-electron chi connectivity index (χ3n) is 4.29. The van der Waals surface area contributed by atoms with Gasteiger partial charge in [-0.05, 0) is 50.5 Å². The number of halogens is 2. The Bertz CT molecular complexity index is 895. The third-order valence-corrected chi connectivity index (χ3v) is 6.92. The Kier molecular flexibility index (Phi) is 6.33. The molecule has 26 heavy (non-hydrogen) atoms. The second-order valence-corrected chi connectivity index (χ2v) is 9.14. The second-order valence-electron chi connectivity index (χ2n) is 6.30. The summed E-state index contributed by atoms with van der Waals surface area (Å²) >= 11 is 16.0. The molecule has 0 fully saturated rings. The highest BCUT2D eigenvalue weighted by molar-refractivity contribution is 7.98. The SMILES string of the molecule is CCc1c(-c2nnc(SCc3c(Cl)cccc3Cl)n2C(C)C)csc1C. The van der Waals surface area contributed by atoms with E-state index in [0.717, 1.165) is 23.0 Å². The van der Waals surface area contributed by atoms with Crippen LogP contribution in [0.15, 0.2) is 28.7 Å². The van der Waals surface area contributed by atoms with E-state index >= 15 is 0 Å². The van der Waals surface area contributed by atoms with E-state index in [2.05, 4.69) is 47.8 Å². The number of rotatable bonds is 6. The molecular formula is C19H21Cl2N3S2. The standard InChI is InChI=1S/C19H21Cl2N3S2/c1-5-13-12(4)25-9-14(13)18-22-23-19(24(18)11(2)3)26-10-15-16(20)7-6-8-17(15)21/h6-9,11H,5,10H2,1-4H3. The molecule has 3 aromatic rings. The van der Waals surface area contributed by atoms with Crippen molar-refractivity contribution in [3.8, 4) is 11.4 Å². The van der Waals surface area contributed by atoms with Gasteiger partial charge in [-0.15, -0.1) is 21.5 Å². The predicted molar refractivity (Wildman–Crippen MR) is 114 cm³/mol. The lowest BCUT2D eigenvalue weighted by Crippen LogP contribution is -2.05. The summed E-state index contributed by atoms with van der Waals surface area (Å²) < 4.78 is 2.20. The maximum absolute atomic E-state index is 6.30. The van der Waals surface area contributed by atoms with Gasteiger partial charge in [-0.2, -0.15) is 0 Å². The minimum absolute atomic E-state index is 0.258. The van der Waals surface area contributed by atoms with Crippen molar-refractivity contribution in [2.45, 2.75) is 51.1 Å². The summed E-state index contributed by atoms with van der Waals surface area (Å²) in [5.41, 5.74) is 3.48. The molecular weight excluding hydrogens is 405 g/mol. The zero-order valence-electron chi connectivity index (χ0n) is 15.2. The van der Waals surface area contributed by atoms with Crippen LogP contribution < -0.4 is 0 Å². The molecule has 0 saturated heterocycles. The van der Waals surface area contributed by atoms with Gasteiger partial charge in [0.2, 0.25) is 0 Å². The first-order chi connectivity index (χ1) is 12.4. The van der Waals surface area contributed by atoms with Crippen molar-refractivity contribution < 1.29 is 0 Å². The van der Waals surface area contributed by atoms with E-state index in [1.165, 1.54) is 16.0 Å². The summed E-state index contributed by atoms with van der Waals surface area (Å²) in [4.78, 5) is 1.35. The third kappa shape index (κ3) is 3.81. The van der Waals surface area contributed by atoms with Crippen molar-refractivity contribution in [3.05, 3.63) is 49.6 Å². The van der Waals surface area contributed by atoms with Crippen LogP contribution in [-0.2, 0) is 12.2 Å². The highest BCUT2D eigenvalue weighted by Gasteiger charge is 2.21. The first kappa shape index (κ1) is 19.7. The number of thiophene rings is 1. The van der Waals surface area contributed by atoms with Crippen molar-refractivity contribution in [3.63, 3.8) is 0 Å². The summed E-state index contributed by atoms with van der Waals surface area (Å²) in [6.07, 6.45) is 0.993. The zero-order chi connectivity index (χ0) is 18.8. The lowest BCUT2D eigenvalue weighted by molar-refractivity contribution is 0.555. The van der Waals surface area contributed by atoms with Gasteiger partial charge in [0.05, 0.1) is 0 Å². The van der Waals surface area contributed by atoms with E-state index in [9.17, 15) is 0 Å². The molecule has 0 spiro atoms. The molecule has 2 heterocycles. The fourth-order valence-corrected chi connectivity index (χ4v) is 5.69. The van der Waals surface area contributed by atoms with Gasteiger partial charge in [0, 0.05) is 37.7 Å². The lowest BCUT2D eigenvalue weighted by Gasteiger charge is -2.14. The van der Waals surface area contributed by atoms with Gasteiger partial charge >= 0.3 is 0 Å². The van der Waals surface area contributed by atoms with Crippen LogP contribution in [0.1, 0.15) is 42.8 Å². The zero-order valence-corrected chi connectivity index (χ0v) is 18.4. The van der Waals surface area contributed by atoms with Crippen molar-refractivity contribution in [1.82, 2.24) is 14.8 Å². The number of aryl methyl sites for hydroxylation is 1. The first-order valence-electron chi connectivity index (χ1n) is 8.51. The number of thioether (sulfide) groups is 1. The highest BCUT2D eigenvalue weighted by atomic mass is 35.5. The maximum Gasteiger partial charge on any atom is 0.192 e. The molecule has 0 radical (unpaired) electrons. The molecule has 0 atom stereocenters. The molecule has 0 N–H and O–H groups in total. The Morgan fingerprint density at radius 1 is 1.15 bits per heavy atom. The van der Waals surface area contributed by atoms with Gasteiger partial charge in [0.1, 0.15) is 0 Å². The van der Waals surface area contributed by atoms with Gasteiger partial charge in [-0.3, -0.25) is 4.57 Å². The largest absolute Gasteiger partial charge is 0.299 e. The van der Waals surface area contributed by atoms with E-state index in [0.29, 0.717) is 15.8 Å². The monoisotopic (exact) mass is 425 g/mol. The van der Waals surface area contributed by atoms with E-state index in [4.69, 9.17) is 23.2 Å². The fourth-order valence-electron chi connectivity index (χ4n) is 2.94. The van der Waals surface area contributed by atoms with Crippen LogP contribution in [0.3, 0.4) is 0 Å². The normalized spacial score (nSPS) is 11.5. The van der Waals surface area contributed by atoms with Crippen LogP contribution in [0.2, 0.25) is 10.0 Å². The molecule has 0 amide bonds. The minimum atomic E-state index is 0.258. The highest BCUT2D eigenvalue weighted by Crippen LogP contribution is 2.36. The van der Waals surface area contributed by atoms with Gasteiger partial charge in [-0.1, -0.05) is 48.0 Å². The summed E-state index contributed by atoms with van der Waals surface area (Å²) in [5.74, 6) is 1.60. The smallest absolute Gasteiger partial charge is 0.192 e. The molecule has 138 valence electrons. The van der Waals surface area contributed by atoms with Crippen LogP contribution in [0.4, 0.5) is 0 Å². The second kappa shape index (κ2) is 8.34. The number of hydrogen-bond donors (Lipinski definition) is 0. The van der Waals surface area contributed by atoms with E-state index < -0.39 is 0 Å². The van der Waals surface area contributed by atoms with Crippen molar-refractivity contribution in [1.29, 1.82) is 0 Å². The Morgan fingerprint density at radius 2 is 1.85 bits per heavy atom. The number of aromatic nitrogens is 3. The summed E-state index contributed by atoms with van der Waals surface area (Å²) in [6.45, 7) is 8.66. The molecule has 0 unspecified atom stereocenters. The van der Waals surface area contributed by atoms with Crippen molar-refractivity contribution >= 4 is 46.3 Å². The molecule has 3 nitrogen and oxygen atoms in total. The van der Waals surface area contributed by atoms with Crippen LogP contribution in [0.5, 0.6) is 0 Å². The number of hydrogen-bond acceptors (Lipinski definition) is 4. The molecule has 0 aliphatic rings. The molecule has 2 aromatic heterocycles. The quantitative estimate of drug-likeness (QED) is 0.396. The lowest BCUT2D eigenvalue weighted by atomic mass is 10.1. The molecule has 0 aliphatic heterocycles. The fraction of sp³-hybridized carbons (Fsp3) is 0.368. The first-order valence-corrected chi connectivity index (χ1v) is 11.1. The molecule has 3 rings (SSSR count). The van der Waals surface area contributed by atoms with E-state index in [1.54, 1.807) is 23.1 Å². The van der Waals surface area contributed by atoms with Gasteiger partial charge in [0.25, 0.3) is 0 Å². The number of benzene rings is 1. The summed E-state index contributed by atoms with van der Waals surface area (Å²) in [7, 11) is 0. The van der Waals surface area contributed by atoms with Crippen molar-refractivity contribution in [2.75, 3.05) is 0 Å². The molecule has 0 saturated carbocycles. The maximum atomic E-state index is 6.30. The Labute approximate surface area is 172 Å². The Hall–Kier alpha value is -1.01. The Morgan fingerprint density at radius 3 is 2.46 bits per heavy atom.